The molecule has 1 N–H and O–H groups in total. The lowest BCUT2D eigenvalue weighted by Crippen LogP contribution is -2.45. The Hall–Kier alpha value is -3.42. The van der Waals surface area contributed by atoms with Crippen LogP contribution in [-0.4, -0.2) is 61.6 Å². The molecule has 0 radical (unpaired) electrons. The Morgan fingerprint density at radius 3 is 1.71 bits per heavy atom. The first kappa shape index (κ1) is 19.5. The van der Waals surface area contributed by atoms with Gasteiger partial charge in [0.1, 0.15) is 0 Å². The Bertz CT molecular complexity index is 1070. The third-order valence-electron chi connectivity index (χ3n) is 5.80. The Balaban J connectivity index is 1.15. The molecule has 31 heavy (non-hydrogen) atoms. The molecule has 0 amide bonds. The lowest BCUT2D eigenvalue weighted by molar-refractivity contribution is 0.122. The van der Waals surface area contributed by atoms with Crippen LogP contribution in [0.5, 0.6) is 0 Å². The number of hydrogen-bond acceptors (Lipinski definition) is 6. The highest BCUT2D eigenvalue weighted by Crippen LogP contribution is 2.23. The molecule has 2 aromatic carbocycles. The van der Waals surface area contributed by atoms with Crippen molar-refractivity contribution in [2.24, 2.45) is 0 Å². The van der Waals surface area contributed by atoms with E-state index in [1.165, 1.54) is 22.3 Å². The van der Waals surface area contributed by atoms with Gasteiger partial charge in [0.15, 0.2) is 0 Å². The summed E-state index contributed by atoms with van der Waals surface area (Å²) in [6.07, 6.45) is 3.75. The van der Waals surface area contributed by atoms with Crippen LogP contribution in [0, 0.1) is 0 Å². The standard InChI is InChI=1S/C24H25N7/c1-3-21(22-5-7-23(8-6-22)24-26-28-29-27-24)4-2-19(1)17-30-13-15-31(16-14-30)18-20-9-11-25-12-10-20/h1-12H,13-18H2,(H,26,27,28,29). The van der Waals surface area contributed by atoms with E-state index in [1.54, 1.807) is 0 Å². The molecular weight excluding hydrogens is 386 g/mol. The second-order valence-corrected chi connectivity index (χ2v) is 7.92. The third-order valence-corrected chi connectivity index (χ3v) is 5.80. The average molecular weight is 412 g/mol. The number of H-pyrrole nitrogens is 1. The van der Waals surface area contributed by atoms with Crippen LogP contribution in [0.15, 0.2) is 73.1 Å². The number of benzene rings is 2. The summed E-state index contributed by atoms with van der Waals surface area (Å²) < 4.78 is 0. The van der Waals surface area contributed by atoms with Gasteiger partial charge in [-0.1, -0.05) is 48.5 Å². The fraction of sp³-hybridized carbons (Fsp3) is 0.250. The minimum atomic E-state index is 0.614. The number of hydrogen-bond donors (Lipinski definition) is 1. The molecule has 0 bridgehead atoms. The molecule has 0 aliphatic carbocycles. The normalized spacial score (nSPS) is 15.2. The summed E-state index contributed by atoms with van der Waals surface area (Å²) in [5.74, 6) is 0.614. The summed E-state index contributed by atoms with van der Waals surface area (Å²) in [6, 6.07) is 21.4. The first-order chi connectivity index (χ1) is 15.3. The molecule has 4 aromatic rings. The maximum Gasteiger partial charge on any atom is 0.204 e. The number of pyridine rings is 1. The predicted octanol–water partition coefficient (Wildman–Crippen LogP) is 3.25. The number of nitrogens with one attached hydrogen (secondary N) is 1. The van der Waals surface area contributed by atoms with E-state index in [1.807, 2.05) is 24.5 Å². The molecule has 7 nitrogen and oxygen atoms in total. The summed E-state index contributed by atoms with van der Waals surface area (Å²) in [5, 5.41) is 14.2. The third kappa shape index (κ3) is 4.84. The fourth-order valence-corrected chi connectivity index (χ4v) is 4.01. The molecule has 1 saturated heterocycles. The van der Waals surface area contributed by atoms with E-state index in [0.717, 1.165) is 44.8 Å². The first-order valence-electron chi connectivity index (χ1n) is 10.6. The molecule has 0 atom stereocenters. The average Bonchev–Trinajstić information content (AvgIpc) is 3.37. The molecule has 1 aliphatic heterocycles. The SMILES string of the molecule is c1cc(CN2CCN(Cc3ccc(-c4ccc(-c5nn[nH]n5)cc4)cc3)CC2)ccn1. The van der Waals surface area contributed by atoms with Crippen molar-refractivity contribution in [1.82, 2.24) is 35.4 Å². The lowest BCUT2D eigenvalue weighted by atomic mass is 10.0. The molecule has 1 fully saturated rings. The minimum Gasteiger partial charge on any atom is -0.297 e. The van der Waals surface area contributed by atoms with Crippen molar-refractivity contribution < 1.29 is 0 Å². The molecular formula is C24H25N7. The summed E-state index contributed by atoms with van der Waals surface area (Å²) in [6.45, 7) is 6.42. The first-order valence-corrected chi connectivity index (χ1v) is 10.6. The largest absolute Gasteiger partial charge is 0.297 e. The van der Waals surface area contributed by atoms with Crippen LogP contribution in [0.2, 0.25) is 0 Å². The van der Waals surface area contributed by atoms with Gasteiger partial charge in [0, 0.05) is 57.2 Å². The molecule has 0 saturated carbocycles. The van der Waals surface area contributed by atoms with E-state index >= 15 is 0 Å². The van der Waals surface area contributed by atoms with Crippen molar-refractivity contribution in [2.75, 3.05) is 26.2 Å². The van der Waals surface area contributed by atoms with E-state index < -0.39 is 0 Å². The van der Waals surface area contributed by atoms with Crippen molar-refractivity contribution >= 4 is 0 Å². The van der Waals surface area contributed by atoms with Crippen LogP contribution < -0.4 is 0 Å². The van der Waals surface area contributed by atoms with Crippen molar-refractivity contribution in [1.29, 1.82) is 0 Å². The number of piperazine rings is 1. The highest BCUT2D eigenvalue weighted by atomic mass is 15.5. The Labute approximate surface area is 181 Å². The van der Waals surface area contributed by atoms with Gasteiger partial charge < -0.3 is 0 Å². The monoisotopic (exact) mass is 411 g/mol. The number of aromatic nitrogens is 5. The number of tetrazole rings is 1. The van der Waals surface area contributed by atoms with Crippen molar-refractivity contribution in [2.45, 2.75) is 13.1 Å². The smallest absolute Gasteiger partial charge is 0.204 e. The number of nitrogens with zero attached hydrogens (tertiary/aromatic N) is 6. The molecule has 5 rings (SSSR count). The quantitative estimate of drug-likeness (QED) is 0.525. The van der Waals surface area contributed by atoms with E-state index in [9.17, 15) is 0 Å². The van der Waals surface area contributed by atoms with Crippen LogP contribution in [0.3, 0.4) is 0 Å². The van der Waals surface area contributed by atoms with E-state index in [4.69, 9.17) is 0 Å². The van der Waals surface area contributed by atoms with Gasteiger partial charge in [-0.15, -0.1) is 10.2 Å². The summed E-state index contributed by atoms with van der Waals surface area (Å²) in [4.78, 5) is 9.16. The molecule has 0 unspecified atom stereocenters. The minimum absolute atomic E-state index is 0.614. The van der Waals surface area contributed by atoms with Gasteiger partial charge in [-0.25, -0.2) is 0 Å². The zero-order valence-electron chi connectivity index (χ0n) is 17.4. The molecule has 156 valence electrons. The predicted molar refractivity (Wildman–Crippen MR) is 120 cm³/mol. The van der Waals surface area contributed by atoms with Crippen LogP contribution in [0.25, 0.3) is 22.5 Å². The van der Waals surface area contributed by atoms with Gasteiger partial charge in [0.25, 0.3) is 0 Å². The second kappa shape index (κ2) is 9.16. The van der Waals surface area contributed by atoms with Gasteiger partial charge in [0.2, 0.25) is 5.82 Å². The summed E-state index contributed by atoms with van der Waals surface area (Å²) >= 11 is 0. The van der Waals surface area contributed by atoms with Crippen LogP contribution in [0.4, 0.5) is 0 Å². The molecule has 7 heteroatoms. The number of aromatic amines is 1. The van der Waals surface area contributed by atoms with Gasteiger partial charge in [-0.3, -0.25) is 14.8 Å². The lowest BCUT2D eigenvalue weighted by Gasteiger charge is -2.34. The van der Waals surface area contributed by atoms with Crippen LogP contribution >= 0.6 is 0 Å². The van der Waals surface area contributed by atoms with Gasteiger partial charge in [0.05, 0.1) is 0 Å². The Morgan fingerprint density at radius 2 is 1.16 bits per heavy atom. The van der Waals surface area contributed by atoms with Crippen LogP contribution in [0.1, 0.15) is 11.1 Å². The molecule has 1 aliphatic rings. The molecule has 3 heterocycles. The van der Waals surface area contributed by atoms with E-state index in [-0.39, 0.29) is 0 Å². The van der Waals surface area contributed by atoms with E-state index in [2.05, 4.69) is 83.9 Å². The van der Waals surface area contributed by atoms with E-state index in [0.29, 0.717) is 5.82 Å². The summed E-state index contributed by atoms with van der Waals surface area (Å²) in [5.41, 5.74) is 6.05. The van der Waals surface area contributed by atoms with Crippen molar-refractivity contribution in [3.05, 3.63) is 84.2 Å². The molecule has 2 aromatic heterocycles. The zero-order valence-corrected chi connectivity index (χ0v) is 17.4. The fourth-order valence-electron chi connectivity index (χ4n) is 4.01. The van der Waals surface area contributed by atoms with Gasteiger partial charge in [-0.2, -0.15) is 5.21 Å². The zero-order chi connectivity index (χ0) is 20.9. The van der Waals surface area contributed by atoms with Gasteiger partial charge >= 0.3 is 0 Å². The maximum atomic E-state index is 4.10. The van der Waals surface area contributed by atoms with Crippen LogP contribution in [-0.2, 0) is 13.1 Å². The topological polar surface area (TPSA) is 73.8 Å². The highest BCUT2D eigenvalue weighted by molar-refractivity contribution is 5.67. The Morgan fingerprint density at radius 1 is 0.645 bits per heavy atom. The molecule has 0 spiro atoms. The van der Waals surface area contributed by atoms with Gasteiger partial charge in [-0.05, 0) is 39.6 Å². The van der Waals surface area contributed by atoms with Crippen molar-refractivity contribution in [3.8, 4) is 22.5 Å². The Kier molecular flexibility index (Phi) is 5.77. The van der Waals surface area contributed by atoms with Crippen molar-refractivity contribution in [3.63, 3.8) is 0 Å². The second-order valence-electron chi connectivity index (χ2n) is 7.92. The summed E-state index contributed by atoms with van der Waals surface area (Å²) in [7, 11) is 0. The maximum absolute atomic E-state index is 4.10. The number of rotatable bonds is 6. The highest BCUT2D eigenvalue weighted by Gasteiger charge is 2.17.